The number of aromatic nitrogens is 10. The van der Waals surface area contributed by atoms with Crippen molar-refractivity contribution in [1.82, 2.24) is 60.4 Å². The number of benzene rings is 1. The molecule has 7 heterocycles. The van der Waals surface area contributed by atoms with Crippen molar-refractivity contribution < 1.29 is 24.2 Å². The first kappa shape index (κ1) is 44.3. The van der Waals surface area contributed by atoms with Crippen LogP contribution >= 0.6 is 11.6 Å². The number of rotatable bonds is 12. The number of tetrazole rings is 1. The number of aryl methyl sites for hydroxylation is 2. The molecule has 2 aliphatic carbocycles. The number of fused-ring (bicyclic) bond motifs is 2. The Hall–Kier alpha value is -6.93. The van der Waals surface area contributed by atoms with E-state index in [0.29, 0.717) is 53.4 Å². The molecule has 4 aliphatic rings. The Morgan fingerprint density at radius 2 is 1.39 bits per heavy atom. The SMILES string of the molecule is Cc1nc(N2C[C@@H]3C(N)[C@@H]3C2)ccc1Cn1cc(C(=O)NCc2cc(Cl)ccc2-n2cnnn2)cn1.Cc1nc(N2C[C@@H]3C(NC(=O)OC(C)(C)C)[C@@H]3C2)ccc1Cn1cc(C(=O)O)cn1. The predicted molar refractivity (Wildman–Crippen MR) is 242 cm³/mol. The summed E-state index contributed by atoms with van der Waals surface area (Å²) in [5, 5.41) is 35.2. The van der Waals surface area contributed by atoms with Crippen molar-refractivity contribution in [2.75, 3.05) is 36.0 Å². The number of pyridine rings is 2. The van der Waals surface area contributed by atoms with Crippen LogP contribution in [0.1, 0.15) is 69.6 Å². The number of nitrogens with zero attached hydrogens (tertiary/aromatic N) is 12. The highest BCUT2D eigenvalue weighted by Gasteiger charge is 2.57. The van der Waals surface area contributed by atoms with Gasteiger partial charge < -0.3 is 36.0 Å². The van der Waals surface area contributed by atoms with E-state index in [1.54, 1.807) is 40.0 Å². The molecule has 344 valence electrons. The second-order valence-corrected chi connectivity index (χ2v) is 18.8. The highest BCUT2D eigenvalue weighted by molar-refractivity contribution is 6.30. The number of anilines is 2. The van der Waals surface area contributed by atoms with E-state index in [9.17, 15) is 14.4 Å². The first-order chi connectivity index (χ1) is 31.6. The van der Waals surface area contributed by atoms with Gasteiger partial charge in [0.2, 0.25) is 0 Å². The number of ether oxygens (including phenoxy) is 1. The normalized spacial score (nSPS) is 21.4. The summed E-state index contributed by atoms with van der Waals surface area (Å²) in [6.45, 7) is 14.5. The predicted octanol–water partition coefficient (Wildman–Crippen LogP) is 3.88. The summed E-state index contributed by atoms with van der Waals surface area (Å²) in [4.78, 5) is 49.9. The van der Waals surface area contributed by atoms with E-state index in [-0.39, 0.29) is 30.2 Å². The fourth-order valence-corrected chi connectivity index (χ4v) is 9.11. The maximum absolute atomic E-state index is 12.8. The van der Waals surface area contributed by atoms with Gasteiger partial charge in [-0.15, -0.1) is 5.10 Å². The van der Waals surface area contributed by atoms with Crippen molar-refractivity contribution in [2.24, 2.45) is 29.4 Å². The molecule has 5 aromatic heterocycles. The van der Waals surface area contributed by atoms with Crippen LogP contribution in [0.25, 0.3) is 5.69 Å². The van der Waals surface area contributed by atoms with Gasteiger partial charge in [0.1, 0.15) is 23.6 Å². The lowest BCUT2D eigenvalue weighted by Crippen LogP contribution is -2.38. The Morgan fingerprint density at radius 1 is 0.818 bits per heavy atom. The first-order valence-corrected chi connectivity index (χ1v) is 22.2. The molecule has 1 aromatic carbocycles. The molecule has 2 unspecified atom stereocenters. The van der Waals surface area contributed by atoms with Crippen molar-refractivity contribution in [1.29, 1.82) is 0 Å². The number of hydrogen-bond donors (Lipinski definition) is 4. The number of nitrogens with one attached hydrogen (secondary N) is 2. The molecule has 2 amide bonds. The molecule has 21 heteroatoms. The van der Waals surface area contributed by atoms with E-state index in [2.05, 4.69) is 58.3 Å². The van der Waals surface area contributed by atoms with Crippen LogP contribution in [0.15, 0.2) is 73.6 Å². The monoisotopic (exact) mass is 917 g/mol. The Bertz CT molecular complexity index is 2740. The number of alkyl carbamates (subject to hydrolysis) is 1. The zero-order chi connectivity index (χ0) is 46.4. The smallest absolute Gasteiger partial charge is 0.407 e. The van der Waals surface area contributed by atoms with Crippen molar-refractivity contribution in [3.8, 4) is 5.69 Å². The lowest BCUT2D eigenvalue weighted by Gasteiger charge is -2.23. The number of carbonyl (C=O) groups is 3. The van der Waals surface area contributed by atoms with Gasteiger partial charge in [-0.1, -0.05) is 23.7 Å². The number of piperidine rings is 2. The zero-order valence-corrected chi connectivity index (χ0v) is 38.0. The minimum Gasteiger partial charge on any atom is -0.478 e. The van der Waals surface area contributed by atoms with Crippen molar-refractivity contribution in [3.05, 3.63) is 118 Å². The van der Waals surface area contributed by atoms with Gasteiger partial charge in [-0.2, -0.15) is 10.2 Å². The van der Waals surface area contributed by atoms with Crippen molar-refractivity contribution in [2.45, 2.75) is 71.9 Å². The van der Waals surface area contributed by atoms with Crippen LogP contribution in [0, 0.1) is 37.5 Å². The van der Waals surface area contributed by atoms with Gasteiger partial charge in [-0.05, 0) is 104 Å². The summed E-state index contributed by atoms with van der Waals surface area (Å²) in [5.41, 5.74) is 11.6. The zero-order valence-electron chi connectivity index (χ0n) is 37.2. The minimum absolute atomic E-state index is 0.170. The first-order valence-electron chi connectivity index (χ1n) is 21.8. The topological polar surface area (TPSA) is 242 Å². The lowest BCUT2D eigenvalue weighted by molar-refractivity contribution is 0.0517. The molecule has 6 atom stereocenters. The number of carboxylic acid groups (broad SMARTS) is 1. The summed E-state index contributed by atoms with van der Waals surface area (Å²) >= 11 is 6.16. The maximum Gasteiger partial charge on any atom is 0.407 e. The number of carbonyl (C=O) groups excluding carboxylic acids is 2. The van der Waals surface area contributed by atoms with Crippen molar-refractivity contribution >= 4 is 41.2 Å². The van der Waals surface area contributed by atoms with Crippen LogP contribution in [0.5, 0.6) is 0 Å². The molecule has 2 saturated carbocycles. The lowest BCUT2D eigenvalue weighted by atomic mass is 10.1. The average Bonchev–Trinajstić information content (AvgIpc) is 3.88. The molecule has 10 rings (SSSR count). The Balaban J connectivity index is 0.000000169. The van der Waals surface area contributed by atoms with Gasteiger partial charge >= 0.3 is 12.1 Å². The number of halogens is 1. The number of aromatic carboxylic acids is 1. The molecule has 4 fully saturated rings. The number of nitrogens with two attached hydrogens (primary N) is 1. The maximum atomic E-state index is 12.8. The Morgan fingerprint density at radius 3 is 1.92 bits per heavy atom. The third-order valence-electron chi connectivity index (χ3n) is 12.7. The Kier molecular flexibility index (Phi) is 11.9. The third kappa shape index (κ3) is 9.83. The Labute approximate surface area is 385 Å². The van der Waals surface area contributed by atoms with Gasteiger partial charge in [-0.3, -0.25) is 14.2 Å². The van der Waals surface area contributed by atoms with Gasteiger partial charge in [0.25, 0.3) is 5.91 Å². The second-order valence-electron chi connectivity index (χ2n) is 18.4. The molecule has 2 saturated heterocycles. The van der Waals surface area contributed by atoms with E-state index in [4.69, 9.17) is 37.1 Å². The molecule has 6 aromatic rings. The minimum atomic E-state index is -0.987. The van der Waals surface area contributed by atoms with Crippen LogP contribution in [0.3, 0.4) is 0 Å². The van der Waals surface area contributed by atoms with Crippen LogP contribution in [-0.2, 0) is 24.4 Å². The summed E-state index contributed by atoms with van der Waals surface area (Å²) < 4.78 is 10.2. The van der Waals surface area contributed by atoms with Gasteiger partial charge in [0.15, 0.2) is 0 Å². The molecule has 0 radical (unpaired) electrons. The fourth-order valence-electron chi connectivity index (χ4n) is 8.92. The number of hydrogen-bond acceptors (Lipinski definition) is 14. The summed E-state index contributed by atoms with van der Waals surface area (Å²) in [6, 6.07) is 14.0. The molecule has 0 spiro atoms. The summed E-state index contributed by atoms with van der Waals surface area (Å²) in [5.74, 6) is 2.79. The molecular formula is C45H52ClN15O5. The molecular weight excluding hydrogens is 866 g/mol. The molecule has 20 nitrogen and oxygen atoms in total. The summed E-state index contributed by atoms with van der Waals surface area (Å²) in [6.07, 6.45) is 7.30. The van der Waals surface area contributed by atoms with E-state index < -0.39 is 11.6 Å². The van der Waals surface area contributed by atoms with Crippen molar-refractivity contribution in [3.63, 3.8) is 0 Å². The van der Waals surface area contributed by atoms with Crippen LogP contribution in [-0.4, -0.2) is 117 Å². The fraction of sp³-hybridized carbons (Fsp3) is 0.422. The van der Waals surface area contributed by atoms with E-state index >= 15 is 0 Å². The average molecular weight is 918 g/mol. The van der Waals surface area contributed by atoms with Gasteiger partial charge in [-0.25, -0.2) is 24.2 Å². The van der Waals surface area contributed by atoms with E-state index in [1.807, 2.05) is 46.8 Å². The highest BCUT2D eigenvalue weighted by Crippen LogP contribution is 2.47. The summed E-state index contributed by atoms with van der Waals surface area (Å²) in [7, 11) is 0. The molecule has 5 N–H and O–H groups in total. The van der Waals surface area contributed by atoms with Crippen LogP contribution < -0.4 is 26.2 Å². The third-order valence-corrected chi connectivity index (χ3v) is 12.9. The van der Waals surface area contributed by atoms with Gasteiger partial charge in [0, 0.05) is 85.4 Å². The van der Waals surface area contributed by atoms with E-state index in [1.165, 1.54) is 23.4 Å². The quantitative estimate of drug-likeness (QED) is 0.136. The molecule has 66 heavy (non-hydrogen) atoms. The van der Waals surface area contributed by atoms with Crippen LogP contribution in [0.4, 0.5) is 16.4 Å². The number of carboxylic acids is 1. The molecule has 0 bridgehead atoms. The van der Waals surface area contributed by atoms with Crippen LogP contribution in [0.2, 0.25) is 5.02 Å². The van der Waals surface area contributed by atoms with Gasteiger partial charge in [0.05, 0.1) is 42.3 Å². The second kappa shape index (κ2) is 17.8. The highest BCUT2D eigenvalue weighted by atomic mass is 35.5. The largest absolute Gasteiger partial charge is 0.478 e. The molecule has 2 aliphatic heterocycles. The number of amides is 2. The van der Waals surface area contributed by atoms with E-state index in [0.717, 1.165) is 71.6 Å². The standard InChI is InChI=1S/C24H25ClN10O.C21H27N5O4/c1-14-15(2-5-22(30-14)33-11-19-20(12-33)23(19)26)9-34-10-17(8-29-34)24(36)27-7-16-6-18(25)3-4-21(16)35-13-28-31-32-35;1-12-13(8-26-9-14(7-22-26)19(27)28)5-6-17(23-12)25-10-15-16(11-25)18(15)24-20(29)30-21(2,3)4/h2-6,8,10,13,19-20,23H,7,9,11-12,26H2,1H3,(H,27,36);5-7,9,15-16,18H,8,10-11H2,1-4H3,(H,24,29)(H,27,28)/t19-,20+,23?;15-,16+,18?.